The molecule has 3 rings (SSSR count). The quantitative estimate of drug-likeness (QED) is 0.781. The fourth-order valence-electron chi connectivity index (χ4n) is 1.98. The van der Waals surface area contributed by atoms with Crippen molar-refractivity contribution in [2.45, 2.75) is 6.61 Å². The molecule has 3 aromatic rings. The van der Waals surface area contributed by atoms with Crippen LogP contribution in [0.1, 0.15) is 15.2 Å². The second kappa shape index (κ2) is 5.54. The minimum Gasteiger partial charge on any atom is -0.488 e. The molecule has 1 aromatic heterocycles. The molecule has 21 heavy (non-hydrogen) atoms. The van der Waals surface area contributed by atoms with Crippen LogP contribution >= 0.6 is 11.3 Å². The number of carbonyl (C=O) groups is 1. The molecule has 0 atom stereocenters. The maximum Gasteiger partial charge on any atom is 0.335 e. The molecule has 2 aromatic carbocycles. The average molecular weight is 302 g/mol. The van der Waals surface area contributed by atoms with Gasteiger partial charge in [0.15, 0.2) is 0 Å². The second-order valence-electron chi connectivity index (χ2n) is 4.51. The molecule has 0 bridgehead atoms. The van der Waals surface area contributed by atoms with Crippen LogP contribution in [-0.2, 0) is 6.61 Å². The van der Waals surface area contributed by atoms with Crippen LogP contribution in [-0.4, -0.2) is 11.1 Å². The number of halogens is 1. The third kappa shape index (κ3) is 3.03. The molecule has 0 spiro atoms. The number of rotatable bonds is 4. The first-order valence-electron chi connectivity index (χ1n) is 6.26. The first-order chi connectivity index (χ1) is 10.1. The molecule has 0 aliphatic heterocycles. The Hall–Kier alpha value is -2.40. The Balaban J connectivity index is 1.78. The highest BCUT2D eigenvalue weighted by molar-refractivity contribution is 7.19. The molecular weight excluding hydrogens is 291 g/mol. The van der Waals surface area contributed by atoms with E-state index in [1.165, 1.54) is 23.5 Å². The van der Waals surface area contributed by atoms with E-state index in [-0.39, 0.29) is 11.4 Å². The van der Waals surface area contributed by atoms with Crippen molar-refractivity contribution in [2.75, 3.05) is 0 Å². The summed E-state index contributed by atoms with van der Waals surface area (Å²) >= 11 is 1.49. The van der Waals surface area contributed by atoms with Crippen LogP contribution in [0.25, 0.3) is 10.1 Å². The van der Waals surface area contributed by atoms with Gasteiger partial charge in [-0.3, -0.25) is 0 Å². The highest BCUT2D eigenvalue weighted by atomic mass is 32.1. The summed E-state index contributed by atoms with van der Waals surface area (Å²) < 4.78 is 19.3. The molecule has 0 unspecified atom stereocenters. The molecule has 0 saturated heterocycles. The monoisotopic (exact) mass is 302 g/mol. The highest BCUT2D eigenvalue weighted by Crippen LogP contribution is 2.27. The molecule has 0 amide bonds. The fraction of sp³-hybridized carbons (Fsp3) is 0.0625. The third-order valence-electron chi connectivity index (χ3n) is 3.01. The van der Waals surface area contributed by atoms with Gasteiger partial charge >= 0.3 is 5.97 Å². The fourth-order valence-corrected chi connectivity index (χ4v) is 2.99. The van der Waals surface area contributed by atoms with E-state index < -0.39 is 5.97 Å². The van der Waals surface area contributed by atoms with E-state index in [1.54, 1.807) is 30.3 Å². The molecule has 106 valence electrons. The van der Waals surface area contributed by atoms with E-state index in [2.05, 4.69) is 0 Å². The van der Waals surface area contributed by atoms with Crippen LogP contribution in [0, 0.1) is 5.82 Å². The number of hydrogen-bond donors (Lipinski definition) is 1. The number of hydrogen-bond acceptors (Lipinski definition) is 3. The number of aromatic carboxylic acids is 1. The summed E-state index contributed by atoms with van der Waals surface area (Å²) in [7, 11) is 0. The average Bonchev–Trinajstić information content (AvgIpc) is 2.88. The van der Waals surface area contributed by atoms with Crippen molar-refractivity contribution in [1.29, 1.82) is 0 Å². The van der Waals surface area contributed by atoms with Crippen molar-refractivity contribution in [3.05, 3.63) is 64.8 Å². The Morgan fingerprint density at radius 2 is 1.90 bits per heavy atom. The van der Waals surface area contributed by atoms with Gasteiger partial charge in [0.1, 0.15) is 18.2 Å². The topological polar surface area (TPSA) is 46.5 Å². The number of benzene rings is 2. The Kier molecular flexibility index (Phi) is 3.58. The highest BCUT2D eigenvalue weighted by Gasteiger charge is 2.07. The standard InChI is InChI=1S/C16H11FO3S/c17-12-3-5-13(6-4-12)20-9-14-7-10-1-2-11(16(18)19)8-15(10)21-14/h1-8H,9H2,(H,18,19). The van der Waals surface area contributed by atoms with Crippen LogP contribution in [0.4, 0.5) is 4.39 Å². The molecule has 1 heterocycles. The van der Waals surface area contributed by atoms with Gasteiger partial charge in [0.05, 0.1) is 5.56 Å². The van der Waals surface area contributed by atoms with Gasteiger partial charge in [-0.25, -0.2) is 9.18 Å². The van der Waals surface area contributed by atoms with Crippen molar-refractivity contribution < 1.29 is 19.0 Å². The van der Waals surface area contributed by atoms with Gasteiger partial charge < -0.3 is 9.84 Å². The summed E-state index contributed by atoms with van der Waals surface area (Å²) in [6.07, 6.45) is 0. The maximum absolute atomic E-state index is 12.8. The number of thiophene rings is 1. The van der Waals surface area contributed by atoms with Gasteiger partial charge in [-0.05, 0) is 47.9 Å². The lowest BCUT2D eigenvalue weighted by atomic mass is 10.2. The molecule has 0 aliphatic rings. The van der Waals surface area contributed by atoms with Crippen LogP contribution < -0.4 is 4.74 Å². The lowest BCUT2D eigenvalue weighted by Gasteiger charge is -2.03. The van der Waals surface area contributed by atoms with E-state index in [0.29, 0.717) is 12.4 Å². The van der Waals surface area contributed by atoms with E-state index in [4.69, 9.17) is 9.84 Å². The summed E-state index contributed by atoms with van der Waals surface area (Å²) in [5, 5.41) is 9.96. The minimum atomic E-state index is -0.936. The number of carboxylic acids is 1. The summed E-state index contributed by atoms with van der Waals surface area (Å²) in [6.45, 7) is 0.368. The Morgan fingerprint density at radius 3 is 2.62 bits per heavy atom. The van der Waals surface area contributed by atoms with Crippen LogP contribution in [0.15, 0.2) is 48.5 Å². The Morgan fingerprint density at radius 1 is 1.14 bits per heavy atom. The second-order valence-corrected chi connectivity index (χ2v) is 5.68. The van der Waals surface area contributed by atoms with Crippen molar-refractivity contribution in [3.8, 4) is 5.75 Å². The zero-order valence-electron chi connectivity index (χ0n) is 10.9. The molecule has 0 saturated carbocycles. The summed E-state index contributed by atoms with van der Waals surface area (Å²) in [5.74, 6) is -0.639. The number of carboxylic acid groups (broad SMARTS) is 1. The van der Waals surface area contributed by atoms with Gasteiger partial charge in [0.25, 0.3) is 0 Å². The smallest absolute Gasteiger partial charge is 0.335 e. The predicted molar refractivity (Wildman–Crippen MR) is 79.5 cm³/mol. The molecule has 1 N–H and O–H groups in total. The van der Waals surface area contributed by atoms with E-state index in [9.17, 15) is 9.18 Å². The number of ether oxygens (including phenoxy) is 1. The molecule has 0 aliphatic carbocycles. The molecular formula is C16H11FO3S. The molecule has 3 nitrogen and oxygen atoms in total. The summed E-state index contributed by atoms with van der Waals surface area (Å²) in [6, 6.07) is 12.8. The van der Waals surface area contributed by atoms with Crippen molar-refractivity contribution in [2.24, 2.45) is 0 Å². The normalized spacial score (nSPS) is 10.7. The predicted octanol–water partition coefficient (Wildman–Crippen LogP) is 4.32. The zero-order valence-corrected chi connectivity index (χ0v) is 11.7. The third-order valence-corrected chi connectivity index (χ3v) is 4.08. The molecule has 5 heteroatoms. The van der Waals surface area contributed by atoms with Gasteiger partial charge in [-0.2, -0.15) is 0 Å². The summed E-state index contributed by atoms with van der Waals surface area (Å²) in [5.41, 5.74) is 0.273. The SMILES string of the molecule is O=C(O)c1ccc2cc(COc3ccc(F)cc3)sc2c1. The van der Waals surface area contributed by atoms with Gasteiger partial charge in [0, 0.05) is 9.58 Å². The van der Waals surface area contributed by atoms with E-state index in [0.717, 1.165) is 15.0 Å². The lowest BCUT2D eigenvalue weighted by molar-refractivity contribution is 0.0697. The van der Waals surface area contributed by atoms with E-state index >= 15 is 0 Å². The Bertz CT molecular complexity index is 793. The number of fused-ring (bicyclic) bond motifs is 1. The lowest BCUT2D eigenvalue weighted by Crippen LogP contribution is -1.94. The van der Waals surface area contributed by atoms with Crippen LogP contribution in [0.2, 0.25) is 0 Å². The van der Waals surface area contributed by atoms with Gasteiger partial charge in [-0.15, -0.1) is 11.3 Å². The largest absolute Gasteiger partial charge is 0.488 e. The van der Waals surface area contributed by atoms with Crippen molar-refractivity contribution >= 4 is 27.4 Å². The first kappa shape index (κ1) is 13.6. The Labute approximate surface area is 124 Å². The van der Waals surface area contributed by atoms with Crippen molar-refractivity contribution in [3.63, 3.8) is 0 Å². The minimum absolute atomic E-state index is 0.273. The van der Waals surface area contributed by atoms with Crippen molar-refractivity contribution in [1.82, 2.24) is 0 Å². The molecule has 0 fully saturated rings. The molecule has 0 radical (unpaired) electrons. The van der Waals surface area contributed by atoms with E-state index in [1.807, 2.05) is 6.07 Å². The van der Waals surface area contributed by atoms with Crippen LogP contribution in [0.5, 0.6) is 5.75 Å². The zero-order chi connectivity index (χ0) is 14.8. The van der Waals surface area contributed by atoms with Gasteiger partial charge in [-0.1, -0.05) is 6.07 Å². The summed E-state index contributed by atoms with van der Waals surface area (Å²) in [4.78, 5) is 11.9. The first-order valence-corrected chi connectivity index (χ1v) is 7.07. The maximum atomic E-state index is 12.8. The van der Waals surface area contributed by atoms with Crippen LogP contribution in [0.3, 0.4) is 0 Å². The van der Waals surface area contributed by atoms with Gasteiger partial charge in [0.2, 0.25) is 0 Å².